The van der Waals surface area contributed by atoms with Crippen molar-refractivity contribution in [2.75, 3.05) is 26.7 Å². The topological polar surface area (TPSA) is 50.1 Å². The summed E-state index contributed by atoms with van der Waals surface area (Å²) in [6.07, 6.45) is 9.88. The maximum atomic E-state index is 13.8. The van der Waals surface area contributed by atoms with Gasteiger partial charge < -0.3 is 9.64 Å². The Bertz CT molecular complexity index is 1240. The molecule has 6 nitrogen and oxygen atoms in total. The van der Waals surface area contributed by atoms with Gasteiger partial charge in [-0.3, -0.25) is 9.69 Å². The molecular formula is C35H52N4O2. The molecule has 1 fully saturated rings. The second-order valence-corrected chi connectivity index (χ2v) is 12.9. The number of rotatable bonds is 13. The lowest BCUT2D eigenvalue weighted by molar-refractivity contribution is 0.0741. The number of aromatic nitrogens is 2. The van der Waals surface area contributed by atoms with E-state index in [2.05, 4.69) is 69.5 Å². The highest BCUT2D eigenvalue weighted by Gasteiger charge is 2.25. The maximum Gasteiger partial charge on any atom is 0.253 e. The molecule has 0 N–H and O–H groups in total. The number of fused-ring (bicyclic) bond motifs is 1. The molecule has 0 radical (unpaired) electrons. The largest absolute Gasteiger partial charge is 0.497 e. The minimum Gasteiger partial charge on any atom is -0.497 e. The van der Waals surface area contributed by atoms with Crippen LogP contribution in [0.2, 0.25) is 0 Å². The second-order valence-electron chi connectivity index (χ2n) is 12.9. The lowest BCUT2D eigenvalue weighted by atomic mass is 9.96. The molecule has 0 spiro atoms. The number of pyridine rings is 1. The first kappa shape index (κ1) is 31.1. The van der Waals surface area contributed by atoms with Crippen molar-refractivity contribution in [3.63, 3.8) is 0 Å². The van der Waals surface area contributed by atoms with E-state index in [1.54, 1.807) is 7.11 Å². The Morgan fingerprint density at radius 1 is 1.00 bits per heavy atom. The highest BCUT2D eigenvalue weighted by Crippen LogP contribution is 2.30. The molecular weight excluding hydrogens is 508 g/mol. The summed E-state index contributed by atoms with van der Waals surface area (Å²) >= 11 is 0. The summed E-state index contributed by atoms with van der Waals surface area (Å²) < 4.78 is 7.37. The van der Waals surface area contributed by atoms with E-state index in [-0.39, 0.29) is 5.91 Å². The Kier molecular flexibility index (Phi) is 10.9. The number of piperidine rings is 1. The second kappa shape index (κ2) is 14.4. The average Bonchev–Trinajstić information content (AvgIpc) is 3.31. The summed E-state index contributed by atoms with van der Waals surface area (Å²) in [5, 5.41) is 5.04. The van der Waals surface area contributed by atoms with Gasteiger partial charge in [0.15, 0.2) is 0 Å². The molecule has 1 aliphatic rings. The Hall–Kier alpha value is -2.86. The summed E-state index contributed by atoms with van der Waals surface area (Å²) in [6, 6.07) is 13.5. The first-order chi connectivity index (χ1) is 19.7. The summed E-state index contributed by atoms with van der Waals surface area (Å²) in [5.74, 6) is 2.09. The Morgan fingerprint density at radius 3 is 2.22 bits per heavy atom. The summed E-state index contributed by atoms with van der Waals surface area (Å²) in [6.45, 7) is 16.3. The number of likely N-dealkylation sites (tertiary alicyclic amines) is 1. The number of nitrogens with zero attached hydrogens (tertiary/aromatic N) is 4. The van der Waals surface area contributed by atoms with Crippen molar-refractivity contribution >= 4 is 11.4 Å². The highest BCUT2D eigenvalue weighted by molar-refractivity contribution is 5.95. The number of benzene rings is 1. The van der Waals surface area contributed by atoms with Gasteiger partial charge in [0.25, 0.3) is 5.91 Å². The fourth-order valence-electron chi connectivity index (χ4n) is 6.13. The van der Waals surface area contributed by atoms with E-state index in [1.165, 1.54) is 24.8 Å². The van der Waals surface area contributed by atoms with Gasteiger partial charge in [0.2, 0.25) is 0 Å². The van der Waals surface area contributed by atoms with E-state index < -0.39 is 0 Å². The van der Waals surface area contributed by atoms with Crippen molar-refractivity contribution in [2.24, 2.45) is 11.8 Å². The van der Waals surface area contributed by atoms with Crippen molar-refractivity contribution in [1.82, 2.24) is 19.4 Å². The van der Waals surface area contributed by atoms with E-state index in [0.29, 0.717) is 23.9 Å². The molecule has 2 atom stereocenters. The number of hydrogen-bond donors (Lipinski definition) is 0. The lowest BCUT2D eigenvalue weighted by Gasteiger charge is -2.39. The summed E-state index contributed by atoms with van der Waals surface area (Å²) in [7, 11) is 1.69. The van der Waals surface area contributed by atoms with Gasteiger partial charge in [0.1, 0.15) is 5.75 Å². The van der Waals surface area contributed by atoms with Gasteiger partial charge in [-0.2, -0.15) is 5.10 Å². The molecule has 41 heavy (non-hydrogen) atoms. The Balaban J connectivity index is 1.66. The van der Waals surface area contributed by atoms with E-state index in [1.807, 2.05) is 28.9 Å². The SMILES string of the molecule is COc1ccc(-c2nn3ccc(C(=O)N(CCC(C)C)CCC(C)C)cc3c2CCCN2[C@H](C)CCC[C@@H]2C)cc1. The van der Waals surface area contributed by atoms with Gasteiger partial charge in [-0.1, -0.05) is 34.1 Å². The van der Waals surface area contributed by atoms with E-state index in [0.717, 1.165) is 73.4 Å². The first-order valence-corrected chi connectivity index (χ1v) is 15.9. The van der Waals surface area contributed by atoms with E-state index in [4.69, 9.17) is 9.84 Å². The molecule has 3 aromatic rings. The average molecular weight is 561 g/mol. The third-order valence-corrected chi connectivity index (χ3v) is 8.81. The smallest absolute Gasteiger partial charge is 0.253 e. The van der Waals surface area contributed by atoms with Crippen LogP contribution in [0.5, 0.6) is 5.75 Å². The molecule has 0 bridgehead atoms. The molecule has 3 heterocycles. The number of carbonyl (C=O) groups is 1. The monoisotopic (exact) mass is 560 g/mol. The molecule has 1 saturated heterocycles. The number of ether oxygens (including phenoxy) is 1. The normalized spacial score (nSPS) is 18.0. The minimum absolute atomic E-state index is 0.128. The molecule has 4 rings (SSSR count). The maximum absolute atomic E-state index is 13.8. The van der Waals surface area contributed by atoms with Crippen LogP contribution >= 0.6 is 0 Å². The van der Waals surface area contributed by atoms with Gasteiger partial charge in [0.05, 0.1) is 18.3 Å². The van der Waals surface area contributed by atoms with Crippen molar-refractivity contribution in [2.45, 2.75) is 98.6 Å². The number of carbonyl (C=O) groups excluding carboxylic acids is 1. The van der Waals surface area contributed by atoms with E-state index in [9.17, 15) is 4.79 Å². The van der Waals surface area contributed by atoms with Gasteiger partial charge in [-0.15, -0.1) is 0 Å². The molecule has 0 saturated carbocycles. The van der Waals surface area contributed by atoms with Crippen molar-refractivity contribution < 1.29 is 9.53 Å². The quantitative estimate of drug-likeness (QED) is 0.215. The molecule has 1 aromatic carbocycles. The minimum atomic E-state index is 0.128. The van der Waals surface area contributed by atoms with Gasteiger partial charge in [0, 0.05) is 48.1 Å². The Morgan fingerprint density at radius 2 is 1.63 bits per heavy atom. The first-order valence-electron chi connectivity index (χ1n) is 15.9. The predicted octanol–water partition coefficient (Wildman–Crippen LogP) is 7.74. The highest BCUT2D eigenvalue weighted by atomic mass is 16.5. The zero-order chi connectivity index (χ0) is 29.5. The Labute approximate surface area is 248 Å². The standard InChI is InChI=1S/C35H52N4O2/c1-25(2)17-21-37(22-18-26(3)4)35(40)30-19-23-39-33(24-30)32(12-9-20-38-27(5)10-8-11-28(38)6)34(36-39)29-13-15-31(41-7)16-14-29/h13-16,19,23-28H,8-12,17-18,20-22H2,1-7H3/t27-,28+. The van der Waals surface area contributed by atoms with Crippen molar-refractivity contribution in [1.29, 1.82) is 0 Å². The fourth-order valence-corrected chi connectivity index (χ4v) is 6.13. The number of amides is 1. The molecule has 6 heteroatoms. The number of methoxy groups -OCH3 is 1. The van der Waals surface area contributed by atoms with Crippen LogP contribution < -0.4 is 4.74 Å². The van der Waals surface area contributed by atoms with Crippen LogP contribution in [0.3, 0.4) is 0 Å². The van der Waals surface area contributed by atoms with E-state index >= 15 is 0 Å². The van der Waals surface area contributed by atoms with Crippen LogP contribution in [0.25, 0.3) is 16.8 Å². The van der Waals surface area contributed by atoms with Crippen molar-refractivity contribution in [3.05, 3.63) is 53.7 Å². The van der Waals surface area contributed by atoms with Crippen molar-refractivity contribution in [3.8, 4) is 17.0 Å². The third-order valence-electron chi connectivity index (χ3n) is 8.81. The number of aryl methyl sites for hydroxylation is 1. The molecule has 1 aliphatic heterocycles. The molecule has 0 aliphatic carbocycles. The van der Waals surface area contributed by atoms with Crippen LogP contribution in [-0.2, 0) is 6.42 Å². The number of hydrogen-bond acceptors (Lipinski definition) is 4. The van der Waals surface area contributed by atoms with Gasteiger partial charge >= 0.3 is 0 Å². The molecule has 0 unspecified atom stereocenters. The summed E-state index contributed by atoms with van der Waals surface area (Å²) in [4.78, 5) is 18.6. The van der Waals surface area contributed by atoms with Crippen LogP contribution in [-0.4, -0.2) is 64.1 Å². The summed E-state index contributed by atoms with van der Waals surface area (Å²) in [5.41, 5.74) is 5.08. The molecule has 224 valence electrons. The van der Waals surface area contributed by atoms with Crippen LogP contribution in [0, 0.1) is 11.8 Å². The van der Waals surface area contributed by atoms with Gasteiger partial charge in [-0.25, -0.2) is 4.52 Å². The van der Waals surface area contributed by atoms with Crippen LogP contribution in [0.4, 0.5) is 0 Å². The zero-order valence-corrected chi connectivity index (χ0v) is 26.5. The van der Waals surface area contributed by atoms with Crippen LogP contribution in [0.15, 0.2) is 42.6 Å². The van der Waals surface area contributed by atoms with Crippen LogP contribution in [0.1, 0.15) is 96.0 Å². The van der Waals surface area contributed by atoms with Gasteiger partial charge in [-0.05, 0) is 107 Å². The zero-order valence-electron chi connectivity index (χ0n) is 26.5. The lowest BCUT2D eigenvalue weighted by Crippen LogP contribution is -2.44. The fraction of sp³-hybridized carbons (Fsp3) is 0.600. The molecule has 1 amide bonds. The predicted molar refractivity (Wildman–Crippen MR) is 170 cm³/mol. The molecule has 2 aromatic heterocycles. The third kappa shape index (κ3) is 7.91.